The maximum atomic E-state index is 11.4. The van der Waals surface area contributed by atoms with Crippen LogP contribution in [0.2, 0.25) is 0 Å². The van der Waals surface area contributed by atoms with Gasteiger partial charge in [-0.25, -0.2) is 9.48 Å². The van der Waals surface area contributed by atoms with E-state index in [2.05, 4.69) is 10.3 Å². The monoisotopic (exact) mass is 282 g/mol. The van der Waals surface area contributed by atoms with E-state index in [9.17, 15) is 4.79 Å². The number of carbonyl (C=O) groups is 1. The molecule has 0 unspecified atom stereocenters. The fourth-order valence-electron chi connectivity index (χ4n) is 1.63. The Labute approximate surface area is 122 Å². The van der Waals surface area contributed by atoms with Gasteiger partial charge in [-0.2, -0.15) is 5.26 Å². The van der Waals surface area contributed by atoms with Crippen molar-refractivity contribution in [2.75, 3.05) is 0 Å². The van der Waals surface area contributed by atoms with E-state index in [-0.39, 0.29) is 0 Å². The predicted octanol–water partition coefficient (Wildman–Crippen LogP) is 1.79. The van der Waals surface area contributed by atoms with Gasteiger partial charge in [-0.05, 0) is 18.6 Å². The van der Waals surface area contributed by atoms with Crippen LogP contribution in [0, 0.1) is 11.3 Å². The molecule has 6 heteroatoms. The molecule has 0 radical (unpaired) electrons. The zero-order valence-electron chi connectivity index (χ0n) is 11.5. The summed E-state index contributed by atoms with van der Waals surface area (Å²) in [6.07, 6.45) is 3.69. The van der Waals surface area contributed by atoms with Gasteiger partial charge in [0.25, 0.3) is 0 Å². The third-order valence-electron chi connectivity index (χ3n) is 2.61. The number of nitriles is 1. The van der Waals surface area contributed by atoms with Crippen molar-refractivity contribution in [3.63, 3.8) is 0 Å². The molecule has 6 nitrogen and oxygen atoms in total. The highest BCUT2D eigenvalue weighted by atomic mass is 16.5. The van der Waals surface area contributed by atoms with E-state index in [1.54, 1.807) is 10.9 Å². The van der Waals surface area contributed by atoms with Gasteiger partial charge in [-0.3, -0.25) is 0 Å². The maximum Gasteiger partial charge on any atom is 0.332 e. The van der Waals surface area contributed by atoms with Crippen LogP contribution in [0.25, 0.3) is 6.08 Å². The molecule has 0 bridgehead atoms. The fraction of sp³-hybridized carbons (Fsp3) is 0.200. The maximum absolute atomic E-state index is 11.4. The van der Waals surface area contributed by atoms with Gasteiger partial charge < -0.3 is 4.74 Å². The molecule has 106 valence electrons. The summed E-state index contributed by atoms with van der Waals surface area (Å²) in [5.41, 5.74) is 1.66. The van der Waals surface area contributed by atoms with Gasteiger partial charge in [0.1, 0.15) is 11.8 Å². The summed E-state index contributed by atoms with van der Waals surface area (Å²) in [5, 5.41) is 16.4. The van der Waals surface area contributed by atoms with Crippen LogP contribution in [-0.4, -0.2) is 27.1 Å². The average molecular weight is 282 g/mol. The van der Waals surface area contributed by atoms with Crippen molar-refractivity contribution in [3.05, 3.63) is 53.9 Å². The van der Waals surface area contributed by atoms with E-state index in [4.69, 9.17) is 10.00 Å². The van der Waals surface area contributed by atoms with Crippen LogP contribution in [0.4, 0.5) is 0 Å². The number of ether oxygens (including phenoxy) is 1. The predicted molar refractivity (Wildman–Crippen MR) is 75.8 cm³/mol. The second kappa shape index (κ2) is 7.01. The molecule has 1 atom stereocenters. The first-order valence-corrected chi connectivity index (χ1v) is 6.40. The summed E-state index contributed by atoms with van der Waals surface area (Å²) in [6.45, 7) is 2.11. The molecule has 0 aliphatic heterocycles. The number of hydrogen-bond acceptors (Lipinski definition) is 5. The topological polar surface area (TPSA) is 80.8 Å². The first-order valence-electron chi connectivity index (χ1n) is 6.40. The average Bonchev–Trinajstić information content (AvgIpc) is 2.93. The van der Waals surface area contributed by atoms with Gasteiger partial charge in [0.2, 0.25) is 0 Å². The first-order chi connectivity index (χ1) is 10.2. The molecule has 0 fully saturated rings. The molecule has 0 saturated heterocycles. The van der Waals surface area contributed by atoms with Gasteiger partial charge >= 0.3 is 5.97 Å². The van der Waals surface area contributed by atoms with Crippen molar-refractivity contribution >= 4 is 12.0 Å². The number of benzene rings is 1. The van der Waals surface area contributed by atoms with Gasteiger partial charge in [0, 0.05) is 6.08 Å². The zero-order chi connectivity index (χ0) is 15.1. The summed E-state index contributed by atoms with van der Waals surface area (Å²) >= 11 is 0. The van der Waals surface area contributed by atoms with Crippen LogP contribution < -0.4 is 0 Å². The third-order valence-corrected chi connectivity index (χ3v) is 2.61. The van der Waals surface area contributed by atoms with Crippen molar-refractivity contribution < 1.29 is 9.53 Å². The molecule has 1 aromatic heterocycles. The molecule has 2 rings (SSSR count). The van der Waals surface area contributed by atoms with Crippen molar-refractivity contribution in [1.82, 2.24) is 15.0 Å². The molecule has 0 aliphatic carbocycles. The van der Waals surface area contributed by atoms with Crippen molar-refractivity contribution in [1.29, 1.82) is 5.26 Å². The quantitative estimate of drug-likeness (QED) is 0.617. The SMILES string of the molecule is C[C@@H](C#N)OC(=O)/C=C/c1cn(Cc2ccccc2)nn1. The summed E-state index contributed by atoms with van der Waals surface area (Å²) in [6, 6.07) is 11.7. The molecule has 0 N–H and O–H groups in total. The molecule has 1 aromatic carbocycles. The smallest absolute Gasteiger partial charge is 0.332 e. The van der Waals surface area contributed by atoms with Gasteiger partial charge in [-0.15, -0.1) is 5.10 Å². The minimum atomic E-state index is -0.768. The van der Waals surface area contributed by atoms with Gasteiger partial charge in [0.05, 0.1) is 12.7 Å². The standard InChI is InChI=1S/C15H14N4O2/c1-12(9-16)21-15(20)8-7-14-11-19(18-17-14)10-13-5-3-2-4-6-13/h2-8,11-12H,10H2,1H3/b8-7+/t12-/m0/s1. The Bertz CT molecular complexity index is 670. The Kier molecular flexibility index (Phi) is 4.83. The number of carbonyl (C=O) groups excluding carboxylic acids is 1. The normalized spacial score (nSPS) is 12.0. The van der Waals surface area contributed by atoms with Gasteiger partial charge in [0.15, 0.2) is 6.10 Å². The van der Waals surface area contributed by atoms with Gasteiger partial charge in [-0.1, -0.05) is 35.5 Å². The van der Waals surface area contributed by atoms with Crippen LogP contribution in [0.3, 0.4) is 0 Å². The minimum absolute atomic E-state index is 0.549. The molecular formula is C15H14N4O2. The first kappa shape index (κ1) is 14.5. The van der Waals surface area contributed by atoms with Crippen molar-refractivity contribution in [3.8, 4) is 6.07 Å². The van der Waals surface area contributed by atoms with E-state index in [1.165, 1.54) is 19.1 Å². The summed E-state index contributed by atoms with van der Waals surface area (Å²) in [7, 11) is 0. The van der Waals surface area contributed by atoms with Crippen LogP contribution in [0.15, 0.2) is 42.6 Å². The molecule has 0 aliphatic rings. The molecule has 2 aromatic rings. The van der Waals surface area contributed by atoms with Crippen LogP contribution in [0.1, 0.15) is 18.2 Å². The lowest BCUT2D eigenvalue weighted by molar-refractivity contribution is -0.139. The highest BCUT2D eigenvalue weighted by molar-refractivity contribution is 5.86. The van der Waals surface area contributed by atoms with E-state index in [0.29, 0.717) is 12.2 Å². The fourth-order valence-corrected chi connectivity index (χ4v) is 1.63. The van der Waals surface area contributed by atoms with E-state index in [0.717, 1.165) is 5.56 Å². The third kappa shape index (κ3) is 4.58. The molecule has 0 amide bonds. The van der Waals surface area contributed by atoms with E-state index < -0.39 is 12.1 Å². The largest absolute Gasteiger partial charge is 0.444 e. The lowest BCUT2D eigenvalue weighted by atomic mass is 10.2. The summed E-state index contributed by atoms with van der Waals surface area (Å²) in [5.74, 6) is -0.582. The van der Waals surface area contributed by atoms with Crippen LogP contribution in [0.5, 0.6) is 0 Å². The highest BCUT2D eigenvalue weighted by Crippen LogP contribution is 2.03. The summed E-state index contributed by atoms with van der Waals surface area (Å²) < 4.78 is 6.46. The summed E-state index contributed by atoms with van der Waals surface area (Å²) in [4.78, 5) is 11.4. The lowest BCUT2D eigenvalue weighted by Gasteiger charge is -2.00. The Hall–Kier alpha value is -2.94. The Balaban J connectivity index is 1.94. The van der Waals surface area contributed by atoms with Crippen LogP contribution in [-0.2, 0) is 16.1 Å². The number of rotatable bonds is 5. The molecular weight excluding hydrogens is 268 g/mol. The number of aromatic nitrogens is 3. The molecule has 0 saturated carbocycles. The van der Waals surface area contributed by atoms with E-state index >= 15 is 0 Å². The Morgan fingerprint density at radius 3 is 2.95 bits per heavy atom. The van der Waals surface area contributed by atoms with Crippen molar-refractivity contribution in [2.45, 2.75) is 19.6 Å². The Morgan fingerprint density at radius 2 is 2.24 bits per heavy atom. The number of nitrogens with zero attached hydrogens (tertiary/aromatic N) is 4. The second-order valence-electron chi connectivity index (χ2n) is 4.37. The molecule has 0 spiro atoms. The molecule has 1 heterocycles. The lowest BCUT2D eigenvalue weighted by Crippen LogP contribution is -2.10. The second-order valence-corrected chi connectivity index (χ2v) is 4.37. The zero-order valence-corrected chi connectivity index (χ0v) is 11.5. The molecule has 21 heavy (non-hydrogen) atoms. The van der Waals surface area contributed by atoms with Crippen LogP contribution >= 0.6 is 0 Å². The van der Waals surface area contributed by atoms with Crippen molar-refractivity contribution in [2.24, 2.45) is 0 Å². The minimum Gasteiger partial charge on any atom is -0.444 e. The highest BCUT2D eigenvalue weighted by Gasteiger charge is 2.05. The number of esters is 1. The van der Waals surface area contributed by atoms with E-state index in [1.807, 2.05) is 36.4 Å². The Morgan fingerprint density at radius 1 is 1.48 bits per heavy atom. The number of hydrogen-bond donors (Lipinski definition) is 0.